The number of fused-ring (bicyclic) bond motifs is 1. The van der Waals surface area contributed by atoms with E-state index in [2.05, 4.69) is 35.3 Å². The number of carbonyl (C=O) groups excluding carboxylic acids is 3. The van der Waals surface area contributed by atoms with Crippen LogP contribution >= 0.6 is 0 Å². The Morgan fingerprint density at radius 1 is 1.19 bits per heavy atom. The van der Waals surface area contributed by atoms with Crippen LogP contribution in [0, 0.1) is 0 Å². The molecule has 1 atom stereocenters. The average Bonchev–Trinajstić information content (AvgIpc) is 2.74. The summed E-state index contributed by atoms with van der Waals surface area (Å²) < 4.78 is 4.52. The molecule has 2 aromatic heterocycles. The van der Waals surface area contributed by atoms with Crippen molar-refractivity contribution in [2.45, 2.75) is 25.4 Å². The highest BCUT2D eigenvalue weighted by molar-refractivity contribution is 5.99. The van der Waals surface area contributed by atoms with Gasteiger partial charge in [0.2, 0.25) is 5.95 Å². The van der Waals surface area contributed by atoms with E-state index in [-0.39, 0.29) is 36.5 Å². The summed E-state index contributed by atoms with van der Waals surface area (Å²) >= 11 is 0. The third-order valence-corrected chi connectivity index (χ3v) is 4.55. The first-order valence-electron chi connectivity index (χ1n) is 9.30. The molecule has 5 N–H and O–H groups in total. The maximum absolute atomic E-state index is 12.3. The number of aromatic amines is 1. The fourth-order valence-electron chi connectivity index (χ4n) is 2.98. The van der Waals surface area contributed by atoms with Crippen LogP contribution in [0.15, 0.2) is 35.3 Å². The minimum atomic E-state index is -0.845. The molecule has 1 aliphatic heterocycles. The van der Waals surface area contributed by atoms with Gasteiger partial charge in [0.05, 0.1) is 18.4 Å². The number of aromatic nitrogens is 4. The predicted molar refractivity (Wildman–Crippen MR) is 108 cm³/mol. The molecule has 158 valence electrons. The molecule has 0 bridgehead atoms. The summed E-state index contributed by atoms with van der Waals surface area (Å²) in [5, 5.41) is 5.67. The van der Waals surface area contributed by atoms with E-state index in [0.29, 0.717) is 16.9 Å². The largest absolute Gasteiger partial charge is 0.392 e. The first kappa shape index (κ1) is 19.9. The van der Waals surface area contributed by atoms with Gasteiger partial charge in [0.15, 0.2) is 11.2 Å². The number of rotatable bonds is 5. The first-order chi connectivity index (χ1) is 14.9. The summed E-state index contributed by atoms with van der Waals surface area (Å²) in [6.45, 7) is 0.278. The molecule has 1 amide bonds. The van der Waals surface area contributed by atoms with E-state index in [1.54, 1.807) is 24.3 Å². The zero-order valence-electron chi connectivity index (χ0n) is 16.0. The topological polar surface area (TPSA) is 182 Å². The second kappa shape index (κ2) is 8.18. The second-order valence-electron chi connectivity index (χ2n) is 6.77. The number of nitrogens with one attached hydrogen (secondary N) is 3. The van der Waals surface area contributed by atoms with E-state index in [1.165, 1.54) is 6.20 Å². The molecule has 1 aliphatic rings. The number of hydrogen-bond donors (Lipinski definition) is 4. The van der Waals surface area contributed by atoms with Gasteiger partial charge < -0.3 is 21.1 Å². The van der Waals surface area contributed by atoms with Gasteiger partial charge in [-0.1, -0.05) is 0 Å². The lowest BCUT2D eigenvalue weighted by atomic mass is 10.1. The zero-order valence-corrected chi connectivity index (χ0v) is 16.0. The smallest absolute Gasteiger partial charge is 0.336 e. The number of esters is 2. The number of hydrogen-bond acceptors (Lipinski definition) is 10. The molecule has 1 saturated heterocycles. The van der Waals surface area contributed by atoms with Gasteiger partial charge in [-0.05, 0) is 30.7 Å². The second-order valence-corrected chi connectivity index (χ2v) is 6.77. The van der Waals surface area contributed by atoms with Crippen LogP contribution in [0.4, 0.5) is 11.6 Å². The highest BCUT2D eigenvalue weighted by Gasteiger charge is 2.30. The fraction of sp³-hybridized carbons (Fsp3) is 0.211. The van der Waals surface area contributed by atoms with Crippen molar-refractivity contribution in [3.8, 4) is 0 Å². The summed E-state index contributed by atoms with van der Waals surface area (Å²) in [4.78, 5) is 61.6. The Kier molecular flexibility index (Phi) is 5.26. The lowest BCUT2D eigenvalue weighted by Gasteiger charge is -2.20. The molecule has 0 aliphatic carbocycles. The molecule has 1 aromatic carbocycles. The molecule has 0 saturated carbocycles. The average molecular weight is 423 g/mol. The van der Waals surface area contributed by atoms with Gasteiger partial charge in [-0.25, -0.2) is 14.8 Å². The fourth-order valence-corrected chi connectivity index (χ4v) is 2.98. The highest BCUT2D eigenvalue weighted by Crippen LogP contribution is 2.14. The van der Waals surface area contributed by atoms with E-state index in [9.17, 15) is 19.2 Å². The van der Waals surface area contributed by atoms with Crippen LogP contribution < -0.4 is 21.9 Å². The standard InChI is InChI=1S/C19H17N7O5/c20-19-25-15-14(17(29)26-19)23-11(8-22-15)7-21-10-3-1-9(2-4-10)16(28)24-12-5-6-13(27)31-18(12)30/h1-4,8,12,21H,5-7H2,(H,24,28)(H3,20,22,25,26,29)/t12-/m0/s1. The first-order valence-corrected chi connectivity index (χ1v) is 9.30. The van der Waals surface area contributed by atoms with Gasteiger partial charge in [-0.3, -0.25) is 19.4 Å². The molecule has 3 heterocycles. The van der Waals surface area contributed by atoms with E-state index < -0.39 is 29.4 Å². The Morgan fingerprint density at radius 3 is 2.71 bits per heavy atom. The Labute approximate surface area is 174 Å². The van der Waals surface area contributed by atoms with E-state index >= 15 is 0 Å². The van der Waals surface area contributed by atoms with Crippen molar-refractivity contribution in [1.82, 2.24) is 25.3 Å². The highest BCUT2D eigenvalue weighted by atomic mass is 16.6. The quantitative estimate of drug-likeness (QED) is 0.318. The van der Waals surface area contributed by atoms with Crippen molar-refractivity contribution < 1.29 is 19.1 Å². The maximum Gasteiger partial charge on any atom is 0.336 e. The molecule has 12 heteroatoms. The van der Waals surface area contributed by atoms with Crippen LogP contribution in [-0.2, 0) is 20.9 Å². The van der Waals surface area contributed by atoms with Crippen LogP contribution in [0.3, 0.4) is 0 Å². The molecule has 1 fully saturated rings. The molecule has 12 nitrogen and oxygen atoms in total. The number of nitrogens with two attached hydrogens (primary N) is 1. The maximum atomic E-state index is 12.3. The third-order valence-electron chi connectivity index (χ3n) is 4.55. The normalized spacial score (nSPS) is 16.1. The number of nitrogens with zero attached hydrogens (tertiary/aromatic N) is 3. The SMILES string of the molecule is Nc1nc2ncc(CNc3ccc(C(=O)N[C@H]4CCC(=O)OC4=O)cc3)nc2c(=O)[nH]1. The van der Waals surface area contributed by atoms with Crippen molar-refractivity contribution in [2.24, 2.45) is 0 Å². The molecule has 0 unspecified atom stereocenters. The number of carbonyl (C=O) groups is 3. The number of anilines is 2. The van der Waals surface area contributed by atoms with E-state index in [4.69, 9.17) is 5.73 Å². The minimum Gasteiger partial charge on any atom is -0.392 e. The number of nitrogen functional groups attached to an aromatic ring is 1. The Balaban J connectivity index is 1.38. The van der Waals surface area contributed by atoms with Crippen molar-refractivity contribution in [3.63, 3.8) is 0 Å². The summed E-state index contributed by atoms with van der Waals surface area (Å²) in [6, 6.07) is 5.69. The monoisotopic (exact) mass is 423 g/mol. The van der Waals surface area contributed by atoms with Crippen molar-refractivity contribution in [1.29, 1.82) is 0 Å². The van der Waals surface area contributed by atoms with Gasteiger partial charge in [-0.2, -0.15) is 4.98 Å². The van der Waals surface area contributed by atoms with Gasteiger partial charge in [0, 0.05) is 17.7 Å². The minimum absolute atomic E-state index is 0.0318. The number of benzene rings is 1. The van der Waals surface area contributed by atoms with Crippen LogP contribution in [0.2, 0.25) is 0 Å². The van der Waals surface area contributed by atoms with Crippen LogP contribution in [-0.4, -0.2) is 43.8 Å². The Morgan fingerprint density at radius 2 is 1.97 bits per heavy atom. The van der Waals surface area contributed by atoms with Crippen LogP contribution in [0.5, 0.6) is 0 Å². The van der Waals surface area contributed by atoms with E-state index in [0.717, 1.165) is 0 Å². The predicted octanol–water partition coefficient (Wildman–Crippen LogP) is -0.131. The number of cyclic esters (lactones) is 2. The summed E-state index contributed by atoms with van der Waals surface area (Å²) in [7, 11) is 0. The molecule has 3 aromatic rings. The number of H-pyrrole nitrogens is 1. The van der Waals surface area contributed by atoms with Gasteiger partial charge >= 0.3 is 11.9 Å². The lowest BCUT2D eigenvalue weighted by molar-refractivity contribution is -0.165. The molecule has 31 heavy (non-hydrogen) atoms. The molecular weight excluding hydrogens is 406 g/mol. The lowest BCUT2D eigenvalue weighted by Crippen LogP contribution is -2.45. The van der Waals surface area contributed by atoms with Crippen molar-refractivity contribution in [3.05, 3.63) is 52.1 Å². The Bertz CT molecular complexity index is 1240. The molecule has 4 rings (SSSR count). The summed E-state index contributed by atoms with van der Waals surface area (Å²) in [5.74, 6) is -1.83. The van der Waals surface area contributed by atoms with E-state index in [1.807, 2.05) is 0 Å². The van der Waals surface area contributed by atoms with Gasteiger partial charge in [-0.15, -0.1) is 0 Å². The molecular formula is C19H17N7O5. The van der Waals surface area contributed by atoms with Crippen LogP contribution in [0.1, 0.15) is 28.9 Å². The summed E-state index contributed by atoms with van der Waals surface area (Å²) in [5.41, 5.74) is 6.81. The Hall–Kier alpha value is -4.35. The molecule has 0 radical (unpaired) electrons. The third kappa shape index (κ3) is 4.47. The summed E-state index contributed by atoms with van der Waals surface area (Å²) in [6.07, 6.45) is 1.77. The number of ether oxygens (including phenoxy) is 1. The van der Waals surface area contributed by atoms with Gasteiger partial charge in [0.1, 0.15) is 6.04 Å². The molecule has 0 spiro atoms. The van der Waals surface area contributed by atoms with Gasteiger partial charge in [0.25, 0.3) is 11.5 Å². The van der Waals surface area contributed by atoms with Crippen LogP contribution in [0.25, 0.3) is 11.2 Å². The zero-order chi connectivity index (χ0) is 22.0. The van der Waals surface area contributed by atoms with Crippen molar-refractivity contribution >= 4 is 40.6 Å². The van der Waals surface area contributed by atoms with Crippen molar-refractivity contribution in [2.75, 3.05) is 11.1 Å². The number of amides is 1.